The van der Waals surface area contributed by atoms with Gasteiger partial charge in [0.25, 0.3) is 0 Å². The van der Waals surface area contributed by atoms with Gasteiger partial charge in [-0.2, -0.15) is 0 Å². The summed E-state index contributed by atoms with van der Waals surface area (Å²) in [5.74, 6) is 1.21. The fraction of sp³-hybridized carbons (Fsp3) is 0.261. The summed E-state index contributed by atoms with van der Waals surface area (Å²) in [5.41, 5.74) is 3.93. The number of rotatable bonds is 7. The van der Waals surface area contributed by atoms with E-state index in [9.17, 15) is 0 Å². The molecule has 1 heterocycles. The first-order valence-electron chi connectivity index (χ1n) is 9.39. The van der Waals surface area contributed by atoms with Crippen molar-refractivity contribution in [2.24, 2.45) is 12.0 Å². The molecule has 0 saturated heterocycles. The van der Waals surface area contributed by atoms with Crippen molar-refractivity contribution in [3.8, 4) is 0 Å². The zero-order valence-electron chi connectivity index (χ0n) is 16.5. The van der Waals surface area contributed by atoms with Gasteiger partial charge in [0.2, 0.25) is 0 Å². The highest BCUT2D eigenvalue weighted by Gasteiger charge is 2.13. The van der Waals surface area contributed by atoms with Crippen molar-refractivity contribution in [3.05, 3.63) is 95.8 Å². The molecule has 0 bridgehead atoms. The molecule has 1 unspecified atom stereocenters. The fourth-order valence-electron chi connectivity index (χ4n) is 3.22. The van der Waals surface area contributed by atoms with Gasteiger partial charge in [-0.25, -0.2) is 0 Å². The van der Waals surface area contributed by atoms with E-state index in [0.717, 1.165) is 25.5 Å². The summed E-state index contributed by atoms with van der Waals surface area (Å²) in [6.45, 7) is 1.59. The van der Waals surface area contributed by atoms with Crippen LogP contribution in [0.25, 0.3) is 0 Å². The van der Waals surface area contributed by atoms with Crippen molar-refractivity contribution >= 4 is 29.9 Å². The Hall–Kier alpha value is -2.28. The number of guanidine groups is 1. The van der Waals surface area contributed by atoms with Crippen LogP contribution in [0.15, 0.2) is 84.1 Å². The van der Waals surface area contributed by atoms with Gasteiger partial charge in [-0.05, 0) is 29.2 Å². The first-order chi connectivity index (χ1) is 13.2. The smallest absolute Gasteiger partial charge is 0.191 e. The molecule has 1 aromatic heterocycles. The molecule has 0 saturated carbocycles. The minimum Gasteiger partial charge on any atom is -0.357 e. The van der Waals surface area contributed by atoms with Gasteiger partial charge in [-0.3, -0.25) is 4.99 Å². The second-order valence-electron chi connectivity index (χ2n) is 6.79. The van der Waals surface area contributed by atoms with Crippen LogP contribution >= 0.6 is 24.0 Å². The number of nitrogens with one attached hydrogen (secondary N) is 2. The number of halogens is 1. The van der Waals surface area contributed by atoms with E-state index in [1.807, 2.05) is 14.1 Å². The van der Waals surface area contributed by atoms with E-state index in [4.69, 9.17) is 0 Å². The predicted octanol–water partition coefficient (Wildman–Crippen LogP) is 4.33. The van der Waals surface area contributed by atoms with Crippen molar-refractivity contribution in [2.45, 2.75) is 18.9 Å². The second-order valence-corrected chi connectivity index (χ2v) is 6.79. The normalized spacial score (nSPS) is 12.1. The van der Waals surface area contributed by atoms with E-state index in [-0.39, 0.29) is 24.0 Å². The standard InChI is InChI=1S/C23H28N4.HI/c1-24-23(25-16-20-13-14-27(2)18-20)26-17-22(21-11-7-4-8-12-21)15-19-9-5-3-6-10-19;/h3-14,18,22H,15-17H2,1-2H3,(H2,24,25,26);1H. The molecular formula is C23H29IN4. The van der Waals surface area contributed by atoms with Crippen molar-refractivity contribution in [3.63, 3.8) is 0 Å². The number of aromatic nitrogens is 1. The van der Waals surface area contributed by atoms with Crippen molar-refractivity contribution in [1.29, 1.82) is 0 Å². The maximum absolute atomic E-state index is 4.37. The third-order valence-electron chi connectivity index (χ3n) is 4.69. The largest absolute Gasteiger partial charge is 0.357 e. The van der Waals surface area contributed by atoms with Crippen LogP contribution in [0.1, 0.15) is 22.6 Å². The molecule has 3 aromatic rings. The molecule has 0 amide bonds. The van der Waals surface area contributed by atoms with Gasteiger partial charge in [-0.15, -0.1) is 24.0 Å². The van der Waals surface area contributed by atoms with Crippen molar-refractivity contribution in [2.75, 3.05) is 13.6 Å². The molecule has 0 aliphatic heterocycles. The average Bonchev–Trinajstić information content (AvgIpc) is 3.13. The Morgan fingerprint density at radius 2 is 1.61 bits per heavy atom. The second kappa shape index (κ2) is 11.5. The maximum atomic E-state index is 4.37. The molecule has 0 aliphatic carbocycles. The highest BCUT2D eigenvalue weighted by atomic mass is 127. The van der Waals surface area contributed by atoms with Gasteiger partial charge in [0.05, 0.1) is 0 Å². The molecule has 28 heavy (non-hydrogen) atoms. The topological polar surface area (TPSA) is 41.4 Å². The van der Waals surface area contributed by atoms with Gasteiger partial charge in [0.15, 0.2) is 5.96 Å². The Morgan fingerprint density at radius 1 is 0.929 bits per heavy atom. The van der Waals surface area contributed by atoms with Crippen LogP contribution in [0.3, 0.4) is 0 Å². The third-order valence-corrected chi connectivity index (χ3v) is 4.69. The number of benzene rings is 2. The Labute approximate surface area is 185 Å². The van der Waals surface area contributed by atoms with Crippen molar-refractivity contribution < 1.29 is 0 Å². The summed E-state index contributed by atoms with van der Waals surface area (Å²) < 4.78 is 2.05. The molecule has 0 fully saturated rings. The van der Waals surface area contributed by atoms with Gasteiger partial charge < -0.3 is 15.2 Å². The quantitative estimate of drug-likeness (QED) is 0.295. The average molecular weight is 488 g/mol. The van der Waals surface area contributed by atoms with Gasteiger partial charge in [-0.1, -0.05) is 60.7 Å². The third kappa shape index (κ3) is 6.71. The molecule has 0 radical (unpaired) electrons. The summed E-state index contributed by atoms with van der Waals surface area (Å²) in [5, 5.41) is 6.89. The molecular weight excluding hydrogens is 459 g/mol. The zero-order valence-corrected chi connectivity index (χ0v) is 18.8. The number of aliphatic imine (C=N–C) groups is 1. The highest BCUT2D eigenvalue weighted by molar-refractivity contribution is 14.0. The first-order valence-corrected chi connectivity index (χ1v) is 9.39. The molecule has 5 heteroatoms. The summed E-state index contributed by atoms with van der Waals surface area (Å²) in [4.78, 5) is 4.37. The van der Waals surface area contributed by atoms with Gasteiger partial charge >= 0.3 is 0 Å². The number of hydrogen-bond acceptors (Lipinski definition) is 1. The van der Waals surface area contributed by atoms with Crippen LogP contribution in [-0.2, 0) is 20.0 Å². The van der Waals surface area contributed by atoms with Crippen LogP contribution in [0.2, 0.25) is 0 Å². The Kier molecular flexibility index (Phi) is 9.07. The SMILES string of the molecule is CN=C(NCc1ccn(C)c1)NCC(Cc1ccccc1)c1ccccc1.I. The lowest BCUT2D eigenvalue weighted by Crippen LogP contribution is -2.39. The fourth-order valence-corrected chi connectivity index (χ4v) is 3.22. The van der Waals surface area contributed by atoms with Gasteiger partial charge in [0, 0.05) is 45.5 Å². The van der Waals surface area contributed by atoms with E-state index in [1.165, 1.54) is 16.7 Å². The zero-order chi connectivity index (χ0) is 18.9. The van der Waals surface area contributed by atoms with Crippen LogP contribution in [-0.4, -0.2) is 24.1 Å². The minimum absolute atomic E-state index is 0. The van der Waals surface area contributed by atoms with E-state index >= 15 is 0 Å². The summed E-state index contributed by atoms with van der Waals surface area (Å²) in [7, 11) is 3.85. The molecule has 3 rings (SSSR count). The Morgan fingerprint density at radius 3 is 2.21 bits per heavy atom. The monoisotopic (exact) mass is 488 g/mol. The summed E-state index contributed by atoms with van der Waals surface area (Å²) >= 11 is 0. The summed E-state index contributed by atoms with van der Waals surface area (Å²) in [6.07, 6.45) is 5.16. The van der Waals surface area contributed by atoms with E-state index in [1.54, 1.807) is 0 Å². The predicted molar refractivity (Wildman–Crippen MR) is 128 cm³/mol. The maximum Gasteiger partial charge on any atom is 0.191 e. The number of hydrogen-bond donors (Lipinski definition) is 2. The molecule has 0 aliphatic rings. The Bertz CT molecular complexity index is 843. The Balaban J connectivity index is 0.00000280. The molecule has 148 valence electrons. The van der Waals surface area contributed by atoms with Crippen LogP contribution in [0, 0.1) is 0 Å². The van der Waals surface area contributed by atoms with Crippen molar-refractivity contribution in [1.82, 2.24) is 15.2 Å². The lowest BCUT2D eigenvalue weighted by atomic mass is 9.92. The lowest BCUT2D eigenvalue weighted by Gasteiger charge is -2.20. The highest BCUT2D eigenvalue weighted by Crippen LogP contribution is 2.20. The van der Waals surface area contributed by atoms with E-state index < -0.39 is 0 Å². The van der Waals surface area contributed by atoms with Gasteiger partial charge in [0.1, 0.15) is 0 Å². The minimum atomic E-state index is 0. The molecule has 0 spiro atoms. The van der Waals surface area contributed by atoms with E-state index in [2.05, 4.69) is 99.3 Å². The molecule has 1 atom stereocenters. The molecule has 2 N–H and O–H groups in total. The lowest BCUT2D eigenvalue weighted by molar-refractivity contribution is 0.644. The van der Waals surface area contributed by atoms with Crippen LogP contribution in [0.5, 0.6) is 0 Å². The number of aryl methyl sites for hydroxylation is 1. The molecule has 4 nitrogen and oxygen atoms in total. The first kappa shape index (κ1) is 22.0. The van der Waals surface area contributed by atoms with Crippen LogP contribution in [0.4, 0.5) is 0 Å². The van der Waals surface area contributed by atoms with E-state index in [0.29, 0.717) is 5.92 Å². The van der Waals surface area contributed by atoms with Crippen LogP contribution < -0.4 is 10.6 Å². The molecule has 2 aromatic carbocycles. The number of nitrogens with zero attached hydrogens (tertiary/aromatic N) is 2. The summed E-state index contributed by atoms with van der Waals surface area (Å²) in [6, 6.07) is 23.5.